The number of nitrogens with one attached hydrogen (secondary N) is 2. The van der Waals surface area contributed by atoms with Gasteiger partial charge in [-0.2, -0.15) is 0 Å². The number of benzene rings is 1. The van der Waals surface area contributed by atoms with Crippen LogP contribution in [0.5, 0.6) is 0 Å². The molecule has 1 aliphatic rings. The molecule has 1 amide bonds. The molecule has 0 radical (unpaired) electrons. The summed E-state index contributed by atoms with van der Waals surface area (Å²) < 4.78 is 23.3. The predicted molar refractivity (Wildman–Crippen MR) is 75.2 cm³/mol. The van der Waals surface area contributed by atoms with Crippen molar-refractivity contribution in [3.63, 3.8) is 0 Å². The van der Waals surface area contributed by atoms with Crippen LogP contribution in [0, 0.1) is 0 Å². The summed E-state index contributed by atoms with van der Waals surface area (Å²) >= 11 is 0. The third kappa shape index (κ3) is 3.36. The van der Waals surface area contributed by atoms with Crippen LogP contribution in [0.3, 0.4) is 0 Å². The van der Waals surface area contributed by atoms with E-state index in [1.165, 1.54) is 12.1 Å². The number of aliphatic hydroxyl groups is 1. The first-order valence-corrected chi connectivity index (χ1v) is 8.12. The largest absolute Gasteiger partial charge is 0.392 e. The maximum absolute atomic E-state index is 11.9. The van der Waals surface area contributed by atoms with Gasteiger partial charge in [0.1, 0.15) is 0 Å². The van der Waals surface area contributed by atoms with E-state index in [0.717, 1.165) is 0 Å². The molecular formula is C13H18N2O4S. The molecule has 1 aromatic rings. The van der Waals surface area contributed by atoms with Crippen LogP contribution >= 0.6 is 0 Å². The van der Waals surface area contributed by atoms with Gasteiger partial charge in [-0.1, -0.05) is 6.92 Å². The van der Waals surface area contributed by atoms with E-state index in [2.05, 4.69) is 10.6 Å². The van der Waals surface area contributed by atoms with Gasteiger partial charge in [0.15, 0.2) is 9.84 Å². The Morgan fingerprint density at radius 3 is 2.55 bits per heavy atom. The summed E-state index contributed by atoms with van der Waals surface area (Å²) in [5.41, 5.74) is 0.535. The highest BCUT2D eigenvalue weighted by molar-refractivity contribution is 7.91. The summed E-state index contributed by atoms with van der Waals surface area (Å²) in [5.74, 6) is -0.185. The maximum Gasteiger partial charge on any atom is 0.241 e. The number of aliphatic hydroxyl groups excluding tert-OH is 1. The third-order valence-electron chi connectivity index (χ3n) is 3.29. The highest BCUT2D eigenvalue weighted by Crippen LogP contribution is 2.16. The highest BCUT2D eigenvalue weighted by atomic mass is 32.2. The van der Waals surface area contributed by atoms with E-state index in [1.54, 1.807) is 19.1 Å². The Morgan fingerprint density at radius 2 is 2.05 bits per heavy atom. The zero-order chi connectivity index (χ0) is 14.8. The molecule has 2 atom stereocenters. The number of amides is 1. The molecule has 0 spiro atoms. The SMILES string of the molecule is CCS(=O)(=O)c1ccc(NC(=O)C2CC(O)CN2)cc1. The molecule has 2 rings (SSSR count). The summed E-state index contributed by atoms with van der Waals surface area (Å²) in [6.07, 6.45) is -0.114. The fourth-order valence-corrected chi connectivity index (χ4v) is 2.94. The lowest BCUT2D eigenvalue weighted by Gasteiger charge is -2.11. The first-order chi connectivity index (χ1) is 9.42. The van der Waals surface area contributed by atoms with E-state index in [9.17, 15) is 18.3 Å². The number of hydrogen-bond acceptors (Lipinski definition) is 5. The van der Waals surface area contributed by atoms with Gasteiger partial charge >= 0.3 is 0 Å². The number of β-amino-alcohol motifs (C(OH)–C–C–N with tert-alkyl or cyclic N) is 1. The topological polar surface area (TPSA) is 95.5 Å². The van der Waals surface area contributed by atoms with Gasteiger partial charge < -0.3 is 15.7 Å². The van der Waals surface area contributed by atoms with Gasteiger partial charge in [-0.3, -0.25) is 4.79 Å². The van der Waals surface area contributed by atoms with Crippen LogP contribution in [-0.2, 0) is 14.6 Å². The Kier molecular flexibility index (Phi) is 4.42. The van der Waals surface area contributed by atoms with Crippen molar-refractivity contribution in [1.29, 1.82) is 0 Å². The monoisotopic (exact) mass is 298 g/mol. The van der Waals surface area contributed by atoms with E-state index in [0.29, 0.717) is 18.7 Å². The van der Waals surface area contributed by atoms with Crippen LogP contribution in [-0.4, -0.2) is 43.9 Å². The Hall–Kier alpha value is -1.44. The first kappa shape index (κ1) is 15.0. The van der Waals surface area contributed by atoms with Gasteiger partial charge in [-0.05, 0) is 30.7 Å². The van der Waals surface area contributed by atoms with Gasteiger partial charge in [-0.15, -0.1) is 0 Å². The average molecular weight is 298 g/mol. The average Bonchev–Trinajstić information content (AvgIpc) is 2.86. The molecule has 110 valence electrons. The van der Waals surface area contributed by atoms with Crippen molar-refractivity contribution < 1.29 is 18.3 Å². The molecule has 1 fully saturated rings. The Bertz CT molecular complexity index is 583. The lowest BCUT2D eigenvalue weighted by molar-refractivity contribution is -0.117. The third-order valence-corrected chi connectivity index (χ3v) is 5.04. The van der Waals surface area contributed by atoms with Gasteiger partial charge in [0.25, 0.3) is 0 Å². The van der Waals surface area contributed by atoms with Crippen LogP contribution in [0.2, 0.25) is 0 Å². The predicted octanol–water partition coefficient (Wildman–Crippen LogP) is 0.141. The standard InChI is InChI=1S/C13H18N2O4S/c1-2-20(18,19)11-5-3-9(4-6-11)15-13(17)12-7-10(16)8-14-12/h3-6,10,12,14,16H,2,7-8H2,1H3,(H,15,17). The molecule has 2 unspecified atom stereocenters. The number of anilines is 1. The summed E-state index contributed by atoms with van der Waals surface area (Å²) in [4.78, 5) is 12.1. The first-order valence-electron chi connectivity index (χ1n) is 6.47. The highest BCUT2D eigenvalue weighted by Gasteiger charge is 2.27. The molecule has 0 aliphatic carbocycles. The van der Waals surface area contributed by atoms with Gasteiger partial charge in [0, 0.05) is 12.2 Å². The Balaban J connectivity index is 2.02. The smallest absolute Gasteiger partial charge is 0.241 e. The second-order valence-corrected chi connectivity index (χ2v) is 7.05. The van der Waals surface area contributed by atoms with Crippen molar-refractivity contribution in [3.05, 3.63) is 24.3 Å². The molecule has 0 saturated carbocycles. The fraction of sp³-hybridized carbons (Fsp3) is 0.462. The van der Waals surface area contributed by atoms with Crippen molar-refractivity contribution in [2.24, 2.45) is 0 Å². The Labute approximate surface area is 118 Å². The van der Waals surface area contributed by atoms with E-state index < -0.39 is 22.0 Å². The number of sulfone groups is 1. The van der Waals surface area contributed by atoms with Crippen LogP contribution in [0.25, 0.3) is 0 Å². The molecule has 7 heteroatoms. The number of hydrogen-bond donors (Lipinski definition) is 3. The lowest BCUT2D eigenvalue weighted by atomic mass is 10.2. The summed E-state index contributed by atoms with van der Waals surface area (Å²) in [7, 11) is -3.22. The quantitative estimate of drug-likeness (QED) is 0.735. The molecule has 0 bridgehead atoms. The minimum Gasteiger partial charge on any atom is -0.392 e. The number of rotatable bonds is 4. The molecule has 0 aromatic heterocycles. The molecule has 20 heavy (non-hydrogen) atoms. The molecule has 3 N–H and O–H groups in total. The van der Waals surface area contributed by atoms with Crippen molar-refractivity contribution in [2.45, 2.75) is 30.4 Å². The van der Waals surface area contributed by atoms with Crippen LogP contribution < -0.4 is 10.6 Å². The van der Waals surface area contributed by atoms with Gasteiger partial charge in [0.2, 0.25) is 5.91 Å². The molecular weight excluding hydrogens is 280 g/mol. The second kappa shape index (κ2) is 5.90. The van der Waals surface area contributed by atoms with Crippen molar-refractivity contribution in [2.75, 3.05) is 17.6 Å². The van der Waals surface area contributed by atoms with Crippen molar-refractivity contribution in [3.8, 4) is 0 Å². The zero-order valence-corrected chi connectivity index (χ0v) is 12.0. The molecule has 1 heterocycles. The maximum atomic E-state index is 11.9. The Morgan fingerprint density at radius 1 is 1.40 bits per heavy atom. The summed E-state index contributed by atoms with van der Waals surface area (Å²) in [6.45, 7) is 1.99. The van der Waals surface area contributed by atoms with Crippen LogP contribution in [0.4, 0.5) is 5.69 Å². The number of carbonyl (C=O) groups is 1. The van der Waals surface area contributed by atoms with Crippen molar-refractivity contribution in [1.82, 2.24) is 5.32 Å². The minimum atomic E-state index is -3.22. The molecule has 6 nitrogen and oxygen atoms in total. The van der Waals surface area contributed by atoms with E-state index in [4.69, 9.17) is 0 Å². The normalized spacial score (nSPS) is 22.7. The van der Waals surface area contributed by atoms with E-state index in [-0.39, 0.29) is 16.6 Å². The van der Waals surface area contributed by atoms with Crippen LogP contribution in [0.1, 0.15) is 13.3 Å². The van der Waals surface area contributed by atoms with Crippen LogP contribution in [0.15, 0.2) is 29.2 Å². The minimum absolute atomic E-state index is 0.0442. The molecule has 1 aromatic carbocycles. The van der Waals surface area contributed by atoms with Crippen molar-refractivity contribution >= 4 is 21.4 Å². The molecule has 1 saturated heterocycles. The summed E-state index contributed by atoms with van der Waals surface area (Å²) in [5, 5.41) is 15.0. The van der Waals surface area contributed by atoms with Gasteiger partial charge in [0.05, 0.1) is 22.8 Å². The summed E-state index contributed by atoms with van der Waals surface area (Å²) in [6, 6.07) is 5.66. The molecule has 1 aliphatic heterocycles. The fourth-order valence-electron chi connectivity index (χ4n) is 2.06. The number of carbonyl (C=O) groups excluding carboxylic acids is 1. The van der Waals surface area contributed by atoms with E-state index in [1.807, 2.05) is 0 Å². The second-order valence-electron chi connectivity index (χ2n) is 4.77. The zero-order valence-electron chi connectivity index (χ0n) is 11.2. The lowest BCUT2D eigenvalue weighted by Crippen LogP contribution is -2.35. The van der Waals surface area contributed by atoms with E-state index >= 15 is 0 Å². The van der Waals surface area contributed by atoms with Gasteiger partial charge in [-0.25, -0.2) is 8.42 Å².